The molecule has 3 aromatic heterocycles. The van der Waals surface area contributed by atoms with E-state index in [1.54, 1.807) is 23.4 Å². The van der Waals surface area contributed by atoms with E-state index in [1.165, 1.54) is 0 Å². The van der Waals surface area contributed by atoms with E-state index in [2.05, 4.69) is 20.1 Å². The molecule has 146 valence electrons. The van der Waals surface area contributed by atoms with Gasteiger partial charge in [-0.3, -0.25) is 4.79 Å². The number of rotatable bonds is 4. The van der Waals surface area contributed by atoms with E-state index in [4.69, 9.17) is 4.52 Å². The molecule has 28 heavy (non-hydrogen) atoms. The predicted molar refractivity (Wildman–Crippen MR) is 103 cm³/mol. The molecule has 1 aliphatic heterocycles. The quantitative estimate of drug-likeness (QED) is 0.691. The highest BCUT2D eigenvalue weighted by molar-refractivity contribution is 5.92. The van der Waals surface area contributed by atoms with Crippen LogP contribution in [0.4, 0.5) is 0 Å². The maximum atomic E-state index is 12.5. The van der Waals surface area contributed by atoms with Gasteiger partial charge >= 0.3 is 0 Å². The van der Waals surface area contributed by atoms with Crippen LogP contribution in [0, 0.1) is 19.8 Å². The van der Waals surface area contributed by atoms with E-state index in [1.807, 2.05) is 31.9 Å². The zero-order chi connectivity index (χ0) is 19.7. The lowest BCUT2D eigenvalue weighted by Crippen LogP contribution is -2.39. The Hall–Kier alpha value is -3.03. The fourth-order valence-corrected chi connectivity index (χ4v) is 3.82. The number of likely N-dealkylation sites (tertiary alicyclic amines) is 1. The summed E-state index contributed by atoms with van der Waals surface area (Å²) in [5, 5.41) is 4.01. The summed E-state index contributed by atoms with van der Waals surface area (Å²) < 4.78 is 7.05. The predicted octanol–water partition coefficient (Wildman–Crippen LogP) is 2.58. The fourth-order valence-electron chi connectivity index (χ4n) is 3.82. The van der Waals surface area contributed by atoms with Crippen molar-refractivity contribution in [3.63, 3.8) is 0 Å². The van der Waals surface area contributed by atoms with E-state index in [9.17, 15) is 4.79 Å². The number of carbonyl (C=O) groups is 1. The maximum Gasteiger partial charge on any atom is 0.274 e. The molecule has 8 heteroatoms. The van der Waals surface area contributed by atoms with Crippen LogP contribution in [0.1, 0.15) is 40.5 Å². The second kappa shape index (κ2) is 7.53. The van der Waals surface area contributed by atoms with Crippen molar-refractivity contribution in [3.05, 3.63) is 47.8 Å². The van der Waals surface area contributed by atoms with Gasteiger partial charge in [0.2, 0.25) is 0 Å². The summed E-state index contributed by atoms with van der Waals surface area (Å²) >= 11 is 0. The Morgan fingerprint density at radius 3 is 2.64 bits per heavy atom. The molecule has 0 atom stereocenters. The van der Waals surface area contributed by atoms with Crippen molar-refractivity contribution in [1.82, 2.24) is 29.6 Å². The first-order valence-electron chi connectivity index (χ1n) is 9.52. The summed E-state index contributed by atoms with van der Waals surface area (Å²) in [7, 11) is 1.87. The largest absolute Gasteiger partial charge is 0.361 e. The van der Waals surface area contributed by atoms with Gasteiger partial charge in [-0.2, -0.15) is 0 Å². The highest BCUT2D eigenvalue weighted by atomic mass is 16.5. The fraction of sp³-hybridized carbons (Fsp3) is 0.450. The van der Waals surface area contributed by atoms with Gasteiger partial charge in [0.25, 0.3) is 5.91 Å². The molecule has 0 unspecified atom stereocenters. The summed E-state index contributed by atoms with van der Waals surface area (Å²) in [6.45, 7) is 5.32. The molecule has 0 spiro atoms. The van der Waals surface area contributed by atoms with Gasteiger partial charge in [0.15, 0.2) is 0 Å². The average Bonchev–Trinajstić information content (AvgIpc) is 3.27. The number of hydrogen-bond acceptors (Lipinski definition) is 6. The van der Waals surface area contributed by atoms with Gasteiger partial charge in [-0.25, -0.2) is 15.0 Å². The molecule has 4 rings (SSSR count). The van der Waals surface area contributed by atoms with Gasteiger partial charge in [-0.05, 0) is 45.1 Å². The van der Waals surface area contributed by atoms with Gasteiger partial charge in [0, 0.05) is 32.0 Å². The van der Waals surface area contributed by atoms with E-state index in [0.717, 1.165) is 60.8 Å². The SMILES string of the molecule is Cc1noc(C)c1-c1cc(CC2CCN(C(=O)c3cn(C)cn3)CC2)ncn1. The number of amides is 1. The molecule has 3 aromatic rings. The van der Waals surface area contributed by atoms with Crippen LogP contribution < -0.4 is 0 Å². The second-order valence-electron chi connectivity index (χ2n) is 7.46. The molecule has 0 N–H and O–H groups in total. The van der Waals surface area contributed by atoms with E-state index in [0.29, 0.717) is 11.6 Å². The number of nitrogens with zero attached hydrogens (tertiary/aromatic N) is 6. The minimum Gasteiger partial charge on any atom is -0.361 e. The van der Waals surface area contributed by atoms with Crippen molar-refractivity contribution in [2.75, 3.05) is 13.1 Å². The maximum absolute atomic E-state index is 12.5. The Morgan fingerprint density at radius 1 is 1.21 bits per heavy atom. The number of aryl methyl sites for hydroxylation is 3. The molecule has 1 fully saturated rings. The topological polar surface area (TPSA) is 89.9 Å². The van der Waals surface area contributed by atoms with Crippen LogP contribution in [0.3, 0.4) is 0 Å². The molecule has 0 aliphatic carbocycles. The van der Waals surface area contributed by atoms with Crippen molar-refractivity contribution in [2.45, 2.75) is 33.1 Å². The minimum atomic E-state index is 0.0155. The smallest absolute Gasteiger partial charge is 0.274 e. The zero-order valence-electron chi connectivity index (χ0n) is 16.4. The first kappa shape index (κ1) is 18.3. The Morgan fingerprint density at radius 2 is 2.00 bits per heavy atom. The van der Waals surface area contributed by atoms with Crippen LogP contribution in [-0.4, -0.2) is 48.6 Å². The molecular formula is C20H24N6O2. The van der Waals surface area contributed by atoms with Crippen LogP contribution in [0.15, 0.2) is 29.4 Å². The first-order valence-corrected chi connectivity index (χ1v) is 9.52. The van der Waals surface area contributed by atoms with Crippen molar-refractivity contribution in [1.29, 1.82) is 0 Å². The van der Waals surface area contributed by atoms with Crippen LogP contribution in [0.2, 0.25) is 0 Å². The van der Waals surface area contributed by atoms with Crippen molar-refractivity contribution in [2.24, 2.45) is 13.0 Å². The van der Waals surface area contributed by atoms with E-state index < -0.39 is 0 Å². The van der Waals surface area contributed by atoms with Crippen LogP contribution in [0.25, 0.3) is 11.3 Å². The molecule has 4 heterocycles. The Bertz CT molecular complexity index is 965. The first-order chi connectivity index (χ1) is 13.5. The van der Waals surface area contributed by atoms with Crippen molar-refractivity contribution < 1.29 is 9.32 Å². The highest BCUT2D eigenvalue weighted by Gasteiger charge is 2.25. The molecule has 1 aliphatic rings. The van der Waals surface area contributed by atoms with E-state index in [-0.39, 0.29) is 5.91 Å². The standard InChI is InChI=1S/C20H24N6O2/c1-13-19(14(2)28-24-13)17-9-16(21-11-22-17)8-15-4-6-26(7-5-15)20(27)18-10-25(3)12-23-18/h9-12,15H,4-8H2,1-3H3. The van der Waals surface area contributed by atoms with Gasteiger partial charge in [0.05, 0.1) is 23.3 Å². The summed E-state index contributed by atoms with van der Waals surface area (Å²) in [5.41, 5.74) is 4.16. The third-order valence-electron chi connectivity index (χ3n) is 5.34. The van der Waals surface area contributed by atoms with Crippen LogP contribution >= 0.6 is 0 Å². The molecule has 1 saturated heterocycles. The Kier molecular flexibility index (Phi) is 4.93. The normalized spacial score (nSPS) is 15.2. The molecule has 0 radical (unpaired) electrons. The molecule has 8 nitrogen and oxygen atoms in total. The Labute approximate surface area is 163 Å². The van der Waals surface area contributed by atoms with Gasteiger partial charge in [-0.1, -0.05) is 5.16 Å². The summed E-state index contributed by atoms with van der Waals surface area (Å²) in [5.74, 6) is 1.28. The van der Waals surface area contributed by atoms with Gasteiger partial charge in [0.1, 0.15) is 17.8 Å². The molecule has 0 saturated carbocycles. The minimum absolute atomic E-state index is 0.0155. The molecule has 1 amide bonds. The average molecular weight is 380 g/mol. The molecule has 0 aromatic carbocycles. The lowest BCUT2D eigenvalue weighted by molar-refractivity contribution is 0.0684. The van der Waals surface area contributed by atoms with E-state index >= 15 is 0 Å². The van der Waals surface area contributed by atoms with Crippen LogP contribution in [-0.2, 0) is 13.5 Å². The monoisotopic (exact) mass is 380 g/mol. The number of imidazole rings is 1. The lowest BCUT2D eigenvalue weighted by Gasteiger charge is -2.31. The summed E-state index contributed by atoms with van der Waals surface area (Å²) in [6, 6.07) is 2.03. The third-order valence-corrected chi connectivity index (χ3v) is 5.34. The van der Waals surface area contributed by atoms with Gasteiger partial charge < -0.3 is 14.0 Å². The summed E-state index contributed by atoms with van der Waals surface area (Å²) in [6.07, 6.45) is 7.84. The number of hydrogen-bond donors (Lipinski definition) is 0. The third kappa shape index (κ3) is 3.67. The molecule has 0 bridgehead atoms. The second-order valence-corrected chi connectivity index (χ2v) is 7.46. The lowest BCUT2D eigenvalue weighted by atomic mass is 9.91. The zero-order valence-corrected chi connectivity index (χ0v) is 16.4. The van der Waals surface area contributed by atoms with Crippen LogP contribution in [0.5, 0.6) is 0 Å². The highest BCUT2D eigenvalue weighted by Crippen LogP contribution is 2.27. The number of piperidine rings is 1. The summed E-state index contributed by atoms with van der Waals surface area (Å²) in [4.78, 5) is 27.4. The number of carbonyl (C=O) groups excluding carboxylic acids is 1. The van der Waals surface area contributed by atoms with Crippen molar-refractivity contribution >= 4 is 5.91 Å². The molecular weight excluding hydrogens is 356 g/mol. The number of aromatic nitrogens is 5. The Balaban J connectivity index is 1.39. The van der Waals surface area contributed by atoms with Crippen molar-refractivity contribution in [3.8, 4) is 11.3 Å². The van der Waals surface area contributed by atoms with Gasteiger partial charge in [-0.15, -0.1) is 0 Å².